The van der Waals surface area contributed by atoms with Gasteiger partial charge in [-0.1, -0.05) is 48.2 Å². The van der Waals surface area contributed by atoms with E-state index in [0.29, 0.717) is 5.04 Å². The Bertz CT molecular complexity index is 661. The number of hydrogen-bond acceptors (Lipinski definition) is 5. The topological polar surface area (TPSA) is 74.6 Å². The molecule has 0 bridgehead atoms. The Hall–Kier alpha value is -2.18. The zero-order valence-electron chi connectivity index (χ0n) is 11.0. The number of nitrogens with zero attached hydrogens (tertiary/aromatic N) is 2. The molecule has 1 aromatic heterocycles. The van der Waals surface area contributed by atoms with Crippen LogP contribution in [0.4, 0.5) is 0 Å². The molecule has 1 aromatic carbocycles. The highest BCUT2D eigenvalue weighted by Crippen LogP contribution is 2.39. The van der Waals surface area contributed by atoms with Crippen LogP contribution in [0.1, 0.15) is 17.3 Å². The van der Waals surface area contributed by atoms with Gasteiger partial charge in [-0.2, -0.15) is 0 Å². The van der Waals surface area contributed by atoms with Gasteiger partial charge in [0.25, 0.3) is 5.91 Å². The maximum Gasteiger partial charge on any atom is 0.259 e. The monoisotopic (exact) mass is 299 g/mol. The zero-order valence-corrected chi connectivity index (χ0v) is 11.8. The number of carbonyl (C=O) groups excluding carboxylic acids is 1. The molecule has 0 fully saturated rings. The smallest absolute Gasteiger partial charge is 0.259 e. The summed E-state index contributed by atoms with van der Waals surface area (Å²) in [6, 6.07) is 14.8. The Morgan fingerprint density at radius 2 is 1.90 bits per heavy atom. The number of hydroxylamine groups is 1. The van der Waals surface area contributed by atoms with Gasteiger partial charge in [-0.3, -0.25) is 20.0 Å². The highest BCUT2D eigenvalue weighted by atomic mass is 32.2. The highest BCUT2D eigenvalue weighted by molar-refractivity contribution is 8.15. The first-order valence-corrected chi connectivity index (χ1v) is 7.32. The predicted octanol–water partition coefficient (Wildman–Crippen LogP) is 2.19. The predicted molar refractivity (Wildman–Crippen MR) is 81.3 cm³/mol. The van der Waals surface area contributed by atoms with Crippen molar-refractivity contribution in [2.24, 2.45) is 4.99 Å². The summed E-state index contributed by atoms with van der Waals surface area (Å²) in [6.07, 6.45) is 1.69. The fraction of sp³-hybridized carbons (Fsp3) is 0.133. The average Bonchev–Trinajstić information content (AvgIpc) is 3.01. The molecular formula is C15H13N3O2S. The van der Waals surface area contributed by atoms with Crippen LogP contribution in [-0.4, -0.2) is 26.4 Å². The van der Waals surface area contributed by atoms with Crippen LogP contribution >= 0.6 is 11.8 Å². The van der Waals surface area contributed by atoms with Gasteiger partial charge in [0, 0.05) is 6.20 Å². The summed E-state index contributed by atoms with van der Waals surface area (Å²) in [5.74, 6) is -0.455. The van der Waals surface area contributed by atoms with E-state index in [-0.39, 0.29) is 6.04 Å². The number of aliphatic imine (C=N–C) groups is 1. The molecule has 2 unspecified atom stereocenters. The van der Waals surface area contributed by atoms with Gasteiger partial charge >= 0.3 is 0 Å². The van der Waals surface area contributed by atoms with Crippen molar-refractivity contribution in [2.75, 3.05) is 0 Å². The molecule has 2 heterocycles. The Morgan fingerprint density at radius 1 is 1.14 bits per heavy atom. The van der Waals surface area contributed by atoms with Crippen molar-refractivity contribution in [3.63, 3.8) is 0 Å². The Labute approximate surface area is 126 Å². The van der Waals surface area contributed by atoms with Crippen LogP contribution in [0, 0.1) is 0 Å². The van der Waals surface area contributed by atoms with E-state index in [1.807, 2.05) is 48.5 Å². The average molecular weight is 299 g/mol. The molecule has 0 saturated heterocycles. The zero-order chi connectivity index (χ0) is 14.7. The summed E-state index contributed by atoms with van der Waals surface area (Å²) in [6.45, 7) is 0. The van der Waals surface area contributed by atoms with E-state index in [2.05, 4.69) is 9.98 Å². The van der Waals surface area contributed by atoms with E-state index in [1.165, 1.54) is 11.8 Å². The van der Waals surface area contributed by atoms with Gasteiger partial charge in [0.05, 0.1) is 11.7 Å². The highest BCUT2D eigenvalue weighted by Gasteiger charge is 2.37. The van der Waals surface area contributed by atoms with Gasteiger partial charge in [0.1, 0.15) is 10.3 Å². The largest absolute Gasteiger partial charge is 0.289 e. The van der Waals surface area contributed by atoms with Crippen molar-refractivity contribution in [3.05, 3.63) is 66.0 Å². The van der Waals surface area contributed by atoms with Crippen LogP contribution in [0.5, 0.6) is 0 Å². The molecule has 1 amide bonds. The lowest BCUT2D eigenvalue weighted by Gasteiger charge is -2.15. The van der Waals surface area contributed by atoms with Crippen molar-refractivity contribution < 1.29 is 10.0 Å². The van der Waals surface area contributed by atoms with Crippen LogP contribution < -0.4 is 5.48 Å². The first-order chi connectivity index (χ1) is 10.3. The SMILES string of the molecule is O=C(NO)C1SC(c2ccccn2)=NC1c1ccccc1. The van der Waals surface area contributed by atoms with Crippen LogP contribution in [-0.2, 0) is 4.79 Å². The van der Waals surface area contributed by atoms with E-state index in [0.717, 1.165) is 11.3 Å². The third-order valence-electron chi connectivity index (χ3n) is 3.18. The lowest BCUT2D eigenvalue weighted by Crippen LogP contribution is -2.32. The first-order valence-electron chi connectivity index (χ1n) is 6.44. The number of hydrogen-bond donors (Lipinski definition) is 2. The number of nitrogens with one attached hydrogen (secondary N) is 1. The third kappa shape index (κ3) is 2.81. The van der Waals surface area contributed by atoms with Gasteiger partial charge < -0.3 is 0 Å². The maximum absolute atomic E-state index is 11.9. The molecule has 3 rings (SSSR count). The molecule has 0 aliphatic carbocycles. The van der Waals surface area contributed by atoms with E-state index in [4.69, 9.17) is 5.21 Å². The van der Waals surface area contributed by atoms with Gasteiger partial charge in [-0.25, -0.2) is 5.48 Å². The number of amides is 1. The fourth-order valence-corrected chi connectivity index (χ4v) is 3.35. The van der Waals surface area contributed by atoms with Crippen molar-refractivity contribution in [3.8, 4) is 0 Å². The Balaban J connectivity index is 1.97. The molecule has 6 heteroatoms. The number of aromatic nitrogens is 1. The summed E-state index contributed by atoms with van der Waals surface area (Å²) in [7, 11) is 0. The molecule has 5 nitrogen and oxygen atoms in total. The van der Waals surface area contributed by atoms with Gasteiger partial charge in [-0.05, 0) is 17.7 Å². The number of carbonyl (C=O) groups is 1. The van der Waals surface area contributed by atoms with Gasteiger partial charge in [-0.15, -0.1) is 0 Å². The molecular weight excluding hydrogens is 286 g/mol. The number of thioether (sulfide) groups is 1. The van der Waals surface area contributed by atoms with Crippen LogP contribution in [0.2, 0.25) is 0 Å². The van der Waals surface area contributed by atoms with Crippen molar-refractivity contribution in [2.45, 2.75) is 11.3 Å². The minimum absolute atomic E-state index is 0.333. The molecule has 0 spiro atoms. The summed E-state index contributed by atoms with van der Waals surface area (Å²) >= 11 is 1.31. The van der Waals surface area contributed by atoms with Crippen LogP contribution in [0.15, 0.2) is 59.7 Å². The quantitative estimate of drug-likeness (QED) is 0.673. The summed E-state index contributed by atoms with van der Waals surface area (Å²) in [5, 5.41) is 9.14. The lowest BCUT2D eigenvalue weighted by atomic mass is 10.0. The number of pyridine rings is 1. The number of rotatable bonds is 3. The molecule has 21 heavy (non-hydrogen) atoms. The standard InChI is InChI=1S/C15H13N3O2S/c19-14(18-20)13-12(10-6-2-1-3-7-10)17-15(21-13)11-8-4-5-9-16-11/h1-9,12-13,20H,(H,18,19). The molecule has 106 valence electrons. The van der Waals surface area contributed by atoms with E-state index in [1.54, 1.807) is 11.7 Å². The number of benzene rings is 1. The summed E-state index contributed by atoms with van der Waals surface area (Å²) < 4.78 is 0. The maximum atomic E-state index is 11.9. The van der Waals surface area contributed by atoms with Crippen molar-refractivity contribution in [1.29, 1.82) is 0 Å². The molecule has 2 atom stereocenters. The van der Waals surface area contributed by atoms with E-state index in [9.17, 15) is 4.79 Å². The summed E-state index contributed by atoms with van der Waals surface area (Å²) in [5.41, 5.74) is 3.39. The second kappa shape index (κ2) is 6.07. The second-order valence-corrected chi connectivity index (χ2v) is 5.65. The molecule has 0 radical (unpaired) electrons. The Kier molecular flexibility index (Phi) is 3.98. The normalized spacial score (nSPS) is 20.9. The van der Waals surface area contributed by atoms with Gasteiger partial charge in [0.2, 0.25) is 0 Å². The van der Waals surface area contributed by atoms with Crippen LogP contribution in [0.25, 0.3) is 0 Å². The molecule has 1 aliphatic heterocycles. The van der Waals surface area contributed by atoms with Gasteiger partial charge in [0.15, 0.2) is 0 Å². The molecule has 2 N–H and O–H groups in total. The van der Waals surface area contributed by atoms with E-state index < -0.39 is 11.2 Å². The first kappa shape index (κ1) is 13.8. The van der Waals surface area contributed by atoms with E-state index >= 15 is 0 Å². The fourth-order valence-electron chi connectivity index (χ4n) is 2.19. The molecule has 2 aromatic rings. The lowest BCUT2D eigenvalue weighted by molar-refractivity contribution is -0.128. The Morgan fingerprint density at radius 3 is 2.57 bits per heavy atom. The molecule has 0 saturated carbocycles. The second-order valence-electron chi connectivity index (χ2n) is 4.52. The van der Waals surface area contributed by atoms with Crippen molar-refractivity contribution in [1.82, 2.24) is 10.5 Å². The summed E-state index contributed by atoms with van der Waals surface area (Å²) in [4.78, 5) is 20.8. The minimum atomic E-state index is -0.505. The van der Waals surface area contributed by atoms with Crippen molar-refractivity contribution >= 4 is 22.7 Å². The minimum Gasteiger partial charge on any atom is -0.289 e. The molecule has 1 aliphatic rings. The third-order valence-corrected chi connectivity index (χ3v) is 4.44. The van der Waals surface area contributed by atoms with Crippen LogP contribution in [0.3, 0.4) is 0 Å².